The zero-order chi connectivity index (χ0) is 57.6. The van der Waals surface area contributed by atoms with Crippen LogP contribution in [0.4, 0.5) is 22.7 Å². The van der Waals surface area contributed by atoms with Gasteiger partial charge in [0.1, 0.15) is 5.82 Å². The summed E-state index contributed by atoms with van der Waals surface area (Å²) in [5.74, 6) is 1.75. The number of aromatic nitrogens is 2. The number of para-hydroxylation sites is 3. The summed E-state index contributed by atoms with van der Waals surface area (Å²) in [6, 6.07) is 66.0. The summed E-state index contributed by atoms with van der Waals surface area (Å²) in [5, 5.41) is 2.08. The van der Waals surface area contributed by atoms with Gasteiger partial charge in [0.05, 0.1) is 6.85 Å². The third-order valence-electron chi connectivity index (χ3n) is 14.7. The molecule has 0 saturated carbocycles. The van der Waals surface area contributed by atoms with E-state index in [4.69, 9.17) is 13.8 Å². The summed E-state index contributed by atoms with van der Waals surface area (Å²) in [4.78, 5) is 9.15. The Morgan fingerprint density at radius 1 is 0.474 bits per heavy atom. The average molecular weight is 1200 g/mol. The molecule has 0 spiro atoms. The molecular weight excluding hydrogens is 1130 g/mol. The largest absolute Gasteiger partial charge is 0.509 e. The van der Waals surface area contributed by atoms with E-state index in [9.17, 15) is 2.74 Å². The average Bonchev–Trinajstić information content (AvgIpc) is 3.40. The van der Waals surface area contributed by atoms with Crippen LogP contribution in [0.15, 0.2) is 212 Å². The fourth-order valence-corrected chi connectivity index (χ4v) is 10.4. The van der Waals surface area contributed by atoms with E-state index in [-0.39, 0.29) is 55.0 Å². The van der Waals surface area contributed by atoms with Crippen LogP contribution in [-0.4, -0.2) is 9.55 Å². The summed E-state index contributed by atoms with van der Waals surface area (Å²) in [6.45, 7) is 21.9. The van der Waals surface area contributed by atoms with Crippen molar-refractivity contribution in [2.45, 2.75) is 78.6 Å². The monoisotopic (exact) mass is 1200 g/mol. The standard InChI is InChI=1S/C72H63N4O.Pt/c1-70(2,3)54-36-37-73-68(44-54)76-64-35-32-51(48-22-13-10-14-23-48)42-63(64)62-34-33-58(46-67(62)76)77-59-41-52(49-24-15-11-16-25-49)40-57(45-59)74-47-75(66-31-20-19-30-65(66)74)69-60(50-26-17-12-18-27-50)28-21-29-61(69)53-38-55(71(4,5)6)43-56(39-53)72(7,8)9;/h10-44,47H,1-9H3;/q-3;/i12D,17D,18D,26D,27D;. The van der Waals surface area contributed by atoms with E-state index in [0.29, 0.717) is 28.4 Å². The number of fused-ring (bicyclic) bond motifs is 4. The summed E-state index contributed by atoms with van der Waals surface area (Å²) in [5.41, 5.74) is 14.3. The SMILES string of the molecule is [2H]c1c([2H])c([2H])c(-c2cccc(-c3cc(C(C)(C)C)cc(C(C)(C)C)c3)c2N2[CH-]N(c3[c-]c(Oc4[c-]c5c(cc4)c4cc(-c6ccccc6)ccc4n5-c4cc(C(C)(C)C)ccn4)cc(-c4ccccc4)c3)c3ccccc32)c([2H])c1[2H].[Pt]. The van der Waals surface area contributed by atoms with Gasteiger partial charge >= 0.3 is 0 Å². The molecule has 0 amide bonds. The van der Waals surface area contributed by atoms with Gasteiger partial charge in [-0.15, -0.1) is 53.6 Å². The quantitative estimate of drug-likeness (QED) is 0.135. The molecule has 0 N–H and O–H groups in total. The van der Waals surface area contributed by atoms with Crippen molar-refractivity contribution < 1.29 is 32.7 Å². The molecule has 3 heterocycles. The first-order valence-electron chi connectivity index (χ1n) is 28.8. The molecule has 0 atom stereocenters. The Bertz CT molecular complexity index is 4250. The summed E-state index contributed by atoms with van der Waals surface area (Å²) >= 11 is 0. The van der Waals surface area contributed by atoms with Gasteiger partial charge in [-0.05, 0) is 96.5 Å². The second-order valence-corrected chi connectivity index (χ2v) is 23.1. The maximum Gasteiger partial charge on any atom is 0.135 e. The van der Waals surface area contributed by atoms with Gasteiger partial charge in [-0.25, -0.2) is 4.98 Å². The molecule has 5 nitrogen and oxygen atoms in total. The molecule has 1 aliphatic heterocycles. The summed E-state index contributed by atoms with van der Waals surface area (Å²) in [6.07, 6.45) is 1.88. The van der Waals surface area contributed by atoms with Crippen LogP contribution in [0.3, 0.4) is 0 Å². The molecular formula is C72H63N4OPt-3. The molecule has 0 aliphatic carbocycles. The van der Waals surface area contributed by atoms with E-state index < -0.39 is 18.1 Å². The van der Waals surface area contributed by atoms with E-state index in [0.717, 1.165) is 89.1 Å². The minimum Gasteiger partial charge on any atom is -0.509 e. The number of hydrogen-bond acceptors (Lipinski definition) is 4. The molecule has 11 aromatic rings. The van der Waals surface area contributed by atoms with Gasteiger partial charge in [-0.1, -0.05) is 219 Å². The van der Waals surface area contributed by atoms with Gasteiger partial charge in [0.2, 0.25) is 0 Å². The fraction of sp³-hybridized carbons (Fsp3) is 0.167. The van der Waals surface area contributed by atoms with Crippen molar-refractivity contribution in [3.63, 3.8) is 0 Å². The Hall–Kier alpha value is -7.98. The molecule has 12 rings (SSSR count). The Balaban J connectivity index is 0.00000721. The second-order valence-electron chi connectivity index (χ2n) is 23.1. The molecule has 1 aliphatic rings. The summed E-state index contributed by atoms with van der Waals surface area (Å²) < 4.78 is 54.2. The normalized spacial score (nSPS) is 13.6. The molecule has 0 unspecified atom stereocenters. The van der Waals surface area contributed by atoms with Crippen molar-refractivity contribution in [3.05, 3.63) is 248 Å². The van der Waals surface area contributed by atoms with E-state index in [2.05, 4.69) is 204 Å². The number of hydrogen-bond donors (Lipinski definition) is 0. The Morgan fingerprint density at radius 3 is 1.74 bits per heavy atom. The predicted octanol–water partition coefficient (Wildman–Crippen LogP) is 19.5. The number of ether oxygens (including phenoxy) is 1. The van der Waals surface area contributed by atoms with Gasteiger partial charge in [-0.3, -0.25) is 0 Å². The van der Waals surface area contributed by atoms with Gasteiger partial charge in [0.15, 0.2) is 0 Å². The molecule has 0 fully saturated rings. The van der Waals surface area contributed by atoms with Crippen LogP contribution < -0.4 is 14.5 Å². The first-order valence-corrected chi connectivity index (χ1v) is 26.3. The molecule has 0 bridgehead atoms. The molecule has 2 aromatic heterocycles. The van der Waals surface area contributed by atoms with Gasteiger partial charge in [0, 0.05) is 72.5 Å². The third kappa shape index (κ3) is 9.97. The zero-order valence-corrected chi connectivity index (χ0v) is 47.7. The molecule has 6 heteroatoms. The van der Waals surface area contributed by atoms with Crippen molar-refractivity contribution >= 4 is 44.6 Å². The number of pyridine rings is 1. The summed E-state index contributed by atoms with van der Waals surface area (Å²) in [7, 11) is 0. The maximum absolute atomic E-state index is 9.35. The van der Waals surface area contributed by atoms with Crippen LogP contribution in [0.25, 0.3) is 72.1 Å². The Kier molecular flexibility index (Phi) is 12.1. The molecule has 9 aromatic carbocycles. The van der Waals surface area contributed by atoms with Crippen LogP contribution in [0.2, 0.25) is 0 Å². The van der Waals surface area contributed by atoms with E-state index >= 15 is 0 Å². The first-order chi connectivity index (χ1) is 39.1. The maximum atomic E-state index is 9.35. The second kappa shape index (κ2) is 20.4. The topological polar surface area (TPSA) is 33.5 Å². The van der Waals surface area contributed by atoms with Gasteiger partial charge in [0.25, 0.3) is 0 Å². The van der Waals surface area contributed by atoms with Crippen molar-refractivity contribution in [2.24, 2.45) is 0 Å². The zero-order valence-electron chi connectivity index (χ0n) is 50.4. The minimum absolute atomic E-state index is 0. The Labute approximate surface area is 482 Å². The van der Waals surface area contributed by atoms with E-state index in [1.165, 1.54) is 0 Å². The van der Waals surface area contributed by atoms with E-state index in [1.807, 2.05) is 73.5 Å². The van der Waals surface area contributed by atoms with Crippen LogP contribution >= 0.6 is 0 Å². The first kappa shape index (κ1) is 46.1. The Morgan fingerprint density at radius 2 is 1.09 bits per heavy atom. The number of rotatable bonds is 9. The number of benzene rings is 9. The van der Waals surface area contributed by atoms with E-state index in [1.54, 1.807) is 0 Å². The molecule has 0 radical (unpaired) electrons. The van der Waals surface area contributed by atoms with Crippen LogP contribution in [0.5, 0.6) is 11.5 Å². The predicted molar refractivity (Wildman–Crippen MR) is 322 cm³/mol. The van der Waals surface area contributed by atoms with Crippen LogP contribution in [0, 0.1) is 18.8 Å². The van der Waals surface area contributed by atoms with Gasteiger partial charge in [-0.2, -0.15) is 6.07 Å². The van der Waals surface area contributed by atoms with Crippen molar-refractivity contribution in [3.8, 4) is 61.8 Å². The molecule has 0 saturated heterocycles. The smallest absolute Gasteiger partial charge is 0.135 e. The molecule has 78 heavy (non-hydrogen) atoms. The van der Waals surface area contributed by atoms with Crippen LogP contribution in [0.1, 0.15) is 85.9 Å². The van der Waals surface area contributed by atoms with Crippen molar-refractivity contribution in [1.82, 2.24) is 9.55 Å². The number of anilines is 4. The third-order valence-corrected chi connectivity index (χ3v) is 14.7. The number of nitrogens with zero attached hydrogens (tertiary/aromatic N) is 4. The minimum atomic E-state index is -0.444. The molecule has 390 valence electrons. The van der Waals surface area contributed by atoms with Crippen molar-refractivity contribution in [2.75, 3.05) is 9.80 Å². The fourth-order valence-electron chi connectivity index (χ4n) is 10.4. The van der Waals surface area contributed by atoms with Crippen molar-refractivity contribution in [1.29, 1.82) is 0 Å². The van der Waals surface area contributed by atoms with Crippen LogP contribution in [-0.2, 0) is 37.3 Å². The van der Waals surface area contributed by atoms with Gasteiger partial charge < -0.3 is 19.1 Å².